The van der Waals surface area contributed by atoms with Gasteiger partial charge in [0.15, 0.2) is 28.8 Å². The maximum absolute atomic E-state index is 13.3. The average molecular weight is 377 g/mol. The van der Waals surface area contributed by atoms with Crippen molar-refractivity contribution in [3.05, 3.63) is 54.0 Å². The number of aromatic nitrogens is 4. The molecule has 0 aliphatic rings. The molecule has 0 spiro atoms. The highest BCUT2D eigenvalue weighted by atomic mass is 19.4. The minimum atomic E-state index is -4.50. The normalized spacial score (nSPS) is 12.2. The number of alkyl halides is 3. The number of ether oxygens (including phenoxy) is 1. The topological polar surface area (TPSA) is 78.8 Å². The van der Waals surface area contributed by atoms with Gasteiger partial charge in [-0.15, -0.1) is 10.2 Å². The maximum Gasteiger partial charge on any atom is 0.417 e. The van der Waals surface area contributed by atoms with Crippen molar-refractivity contribution in [2.75, 3.05) is 5.73 Å². The minimum Gasteiger partial charge on any atom is -0.476 e. The van der Waals surface area contributed by atoms with Crippen LogP contribution in [-0.2, 0) is 18.8 Å². The maximum atomic E-state index is 13.3. The zero-order valence-electron chi connectivity index (χ0n) is 14.9. The molecule has 0 fully saturated rings. The fourth-order valence-corrected chi connectivity index (χ4v) is 2.82. The molecule has 3 aromatic rings. The van der Waals surface area contributed by atoms with Gasteiger partial charge in [-0.05, 0) is 32.0 Å². The Morgan fingerprint density at radius 2 is 1.74 bits per heavy atom. The van der Waals surface area contributed by atoms with Crippen molar-refractivity contribution < 1.29 is 17.9 Å². The second kappa shape index (κ2) is 6.57. The predicted octanol–water partition coefficient (Wildman–Crippen LogP) is 3.79. The molecule has 0 aliphatic heterocycles. The van der Waals surface area contributed by atoms with Gasteiger partial charge in [0.25, 0.3) is 0 Å². The van der Waals surface area contributed by atoms with Crippen molar-refractivity contribution >= 4 is 5.82 Å². The summed E-state index contributed by atoms with van der Waals surface area (Å²) in [6.07, 6.45) is -2.97. The fraction of sp³-hybridized carbons (Fsp3) is 0.278. The Kier molecular flexibility index (Phi) is 4.54. The second-order valence-corrected chi connectivity index (χ2v) is 6.45. The van der Waals surface area contributed by atoms with Gasteiger partial charge in [0, 0.05) is 18.8 Å². The highest BCUT2D eigenvalue weighted by Gasteiger charge is 2.36. The van der Waals surface area contributed by atoms with E-state index in [2.05, 4.69) is 15.2 Å². The minimum absolute atomic E-state index is 0.0528. The Morgan fingerprint density at radius 1 is 1.04 bits per heavy atom. The third-order valence-corrected chi connectivity index (χ3v) is 4.05. The number of nitrogens with two attached hydrogens (primary N) is 1. The zero-order chi connectivity index (χ0) is 19.8. The lowest BCUT2D eigenvalue weighted by molar-refractivity contribution is -0.137. The van der Waals surface area contributed by atoms with Gasteiger partial charge in [0.1, 0.15) is 0 Å². The van der Waals surface area contributed by atoms with Crippen LogP contribution in [0, 0.1) is 0 Å². The molecule has 0 aliphatic carbocycles. The Morgan fingerprint density at radius 3 is 2.41 bits per heavy atom. The molecule has 1 aromatic carbocycles. The van der Waals surface area contributed by atoms with E-state index in [-0.39, 0.29) is 17.2 Å². The van der Waals surface area contributed by atoms with E-state index in [4.69, 9.17) is 10.5 Å². The van der Waals surface area contributed by atoms with Gasteiger partial charge in [-0.2, -0.15) is 13.2 Å². The number of pyridine rings is 1. The molecule has 2 N–H and O–H groups in total. The largest absolute Gasteiger partial charge is 0.476 e. The first kappa shape index (κ1) is 18.7. The number of rotatable bonds is 4. The highest BCUT2D eigenvalue weighted by molar-refractivity contribution is 5.61. The van der Waals surface area contributed by atoms with Gasteiger partial charge in [-0.3, -0.25) is 0 Å². The molecular formula is C18H18F3N5O. The summed E-state index contributed by atoms with van der Waals surface area (Å²) in [5.74, 6) is 0.990. The summed E-state index contributed by atoms with van der Waals surface area (Å²) in [6.45, 7) is 3.45. The molecule has 142 valence electrons. The molecule has 2 aromatic heterocycles. The second-order valence-electron chi connectivity index (χ2n) is 6.45. The van der Waals surface area contributed by atoms with E-state index in [9.17, 15) is 13.2 Å². The average Bonchev–Trinajstić information content (AvgIpc) is 2.98. The van der Waals surface area contributed by atoms with Crippen LogP contribution in [0.1, 0.15) is 25.2 Å². The Bertz CT molecular complexity index is 966. The van der Waals surface area contributed by atoms with E-state index in [0.717, 1.165) is 6.07 Å². The number of hydrogen-bond donors (Lipinski definition) is 1. The van der Waals surface area contributed by atoms with Crippen LogP contribution >= 0.6 is 0 Å². The molecule has 6 nitrogen and oxygen atoms in total. The monoisotopic (exact) mass is 377 g/mol. The Hall–Kier alpha value is -3.10. The fourth-order valence-electron chi connectivity index (χ4n) is 2.82. The van der Waals surface area contributed by atoms with Crippen molar-refractivity contribution in [1.82, 2.24) is 19.7 Å². The van der Waals surface area contributed by atoms with Crippen molar-refractivity contribution in [3.63, 3.8) is 0 Å². The van der Waals surface area contributed by atoms with Crippen LogP contribution in [0.4, 0.5) is 19.0 Å². The first-order valence-corrected chi connectivity index (χ1v) is 8.07. The van der Waals surface area contributed by atoms with E-state index in [1.165, 1.54) is 29.0 Å². The van der Waals surface area contributed by atoms with Gasteiger partial charge >= 0.3 is 6.18 Å². The summed E-state index contributed by atoms with van der Waals surface area (Å²) in [7, 11) is 1.59. The molecule has 0 bridgehead atoms. The van der Waals surface area contributed by atoms with E-state index >= 15 is 0 Å². The van der Waals surface area contributed by atoms with E-state index < -0.39 is 17.3 Å². The first-order chi connectivity index (χ1) is 12.6. The van der Waals surface area contributed by atoms with Gasteiger partial charge < -0.3 is 15.0 Å². The molecule has 0 unspecified atom stereocenters. The van der Waals surface area contributed by atoms with Crippen molar-refractivity contribution in [2.45, 2.75) is 25.6 Å². The number of hydrogen-bond acceptors (Lipinski definition) is 5. The summed E-state index contributed by atoms with van der Waals surface area (Å²) < 4.78 is 47.4. The molecule has 0 saturated heterocycles. The van der Waals surface area contributed by atoms with Crippen molar-refractivity contribution in [2.24, 2.45) is 7.05 Å². The van der Waals surface area contributed by atoms with Gasteiger partial charge in [0.05, 0.1) is 5.56 Å². The molecule has 3 rings (SSSR count). The lowest BCUT2D eigenvalue weighted by Crippen LogP contribution is -2.29. The van der Waals surface area contributed by atoms with Gasteiger partial charge in [0.2, 0.25) is 0 Å². The highest BCUT2D eigenvalue weighted by Crippen LogP contribution is 2.37. The van der Waals surface area contributed by atoms with Crippen LogP contribution in [0.2, 0.25) is 0 Å². The number of benzene rings is 1. The molecule has 0 amide bonds. The van der Waals surface area contributed by atoms with Gasteiger partial charge in [-0.1, -0.05) is 18.2 Å². The summed E-state index contributed by atoms with van der Waals surface area (Å²) in [6, 6.07) is 8.56. The van der Waals surface area contributed by atoms with Crippen molar-refractivity contribution in [3.8, 4) is 17.1 Å². The first-order valence-electron chi connectivity index (χ1n) is 8.07. The zero-order valence-corrected chi connectivity index (χ0v) is 14.9. The SMILES string of the molecule is Cn1c(-c2ccccc2C(F)(F)F)nnc1C(C)(C)Oc1cccnc1N. The van der Waals surface area contributed by atoms with Gasteiger partial charge in [-0.25, -0.2) is 4.98 Å². The molecular weight excluding hydrogens is 359 g/mol. The van der Waals surface area contributed by atoms with E-state index in [1.54, 1.807) is 33.0 Å². The smallest absolute Gasteiger partial charge is 0.417 e. The number of nitrogens with zero attached hydrogens (tertiary/aromatic N) is 4. The lowest BCUT2D eigenvalue weighted by atomic mass is 10.1. The predicted molar refractivity (Wildman–Crippen MR) is 93.7 cm³/mol. The molecule has 2 heterocycles. The molecule has 27 heavy (non-hydrogen) atoms. The van der Waals surface area contributed by atoms with Crippen LogP contribution in [-0.4, -0.2) is 19.7 Å². The summed E-state index contributed by atoms with van der Waals surface area (Å²) in [5.41, 5.74) is 3.97. The number of nitrogen functional groups attached to an aromatic ring is 1. The number of anilines is 1. The Labute approximate surface area is 153 Å². The molecule has 0 saturated carbocycles. The van der Waals surface area contributed by atoms with Crippen LogP contribution < -0.4 is 10.5 Å². The summed E-state index contributed by atoms with van der Waals surface area (Å²) >= 11 is 0. The molecule has 0 atom stereocenters. The quantitative estimate of drug-likeness (QED) is 0.748. The Balaban J connectivity index is 2.03. The van der Waals surface area contributed by atoms with E-state index in [1.807, 2.05) is 0 Å². The van der Waals surface area contributed by atoms with Crippen LogP contribution in [0.25, 0.3) is 11.4 Å². The molecule has 9 heteroatoms. The van der Waals surface area contributed by atoms with Crippen LogP contribution in [0.3, 0.4) is 0 Å². The lowest BCUT2D eigenvalue weighted by Gasteiger charge is -2.26. The van der Waals surface area contributed by atoms with Crippen molar-refractivity contribution in [1.29, 1.82) is 0 Å². The number of halogens is 3. The van der Waals surface area contributed by atoms with Crippen LogP contribution in [0.15, 0.2) is 42.6 Å². The molecule has 0 radical (unpaired) electrons. The summed E-state index contributed by atoms with van der Waals surface area (Å²) in [4.78, 5) is 3.96. The standard InChI is InChI=1S/C18H18F3N5O/c1-17(2,27-13-9-6-10-23-14(13)22)16-25-24-15(26(16)3)11-7-4-5-8-12(11)18(19,20)21/h4-10H,1-3H3,(H2,22,23). The summed E-state index contributed by atoms with van der Waals surface area (Å²) in [5, 5.41) is 8.05. The van der Waals surface area contributed by atoms with E-state index in [0.29, 0.717) is 11.6 Å². The van der Waals surface area contributed by atoms with Crippen LogP contribution in [0.5, 0.6) is 5.75 Å². The third-order valence-electron chi connectivity index (χ3n) is 4.05. The third kappa shape index (κ3) is 3.57.